The number of rotatable bonds is 6. The van der Waals surface area contributed by atoms with Gasteiger partial charge in [-0.3, -0.25) is 14.5 Å². The molecule has 0 saturated carbocycles. The number of alkyl halides is 1. The molecule has 1 aromatic carbocycles. The molecular formula is C20H27ClFN3O2. The fourth-order valence-electron chi connectivity index (χ4n) is 3.92. The highest BCUT2D eigenvalue weighted by Gasteiger charge is 2.30. The molecular weight excluding hydrogens is 369 g/mol. The summed E-state index contributed by atoms with van der Waals surface area (Å²) in [5.74, 6) is 0.342. The highest BCUT2D eigenvalue weighted by molar-refractivity contribution is 6.30. The Balaban J connectivity index is 1.39. The van der Waals surface area contributed by atoms with E-state index in [0.29, 0.717) is 36.1 Å². The second-order valence-electron chi connectivity index (χ2n) is 7.48. The van der Waals surface area contributed by atoms with Crippen LogP contribution in [0.1, 0.15) is 36.0 Å². The Morgan fingerprint density at radius 2 is 1.96 bits per heavy atom. The average molecular weight is 396 g/mol. The van der Waals surface area contributed by atoms with Crippen molar-refractivity contribution in [3.8, 4) is 0 Å². The standard InChI is InChI=1S/C20H27ClFN3O2/c21-17-4-1-3-16(11-17)20(27)23-13-15-6-9-24(10-7-15)14-19(26)25-8-2-5-18(25)12-22/h1,3-4,11,15,18H,2,5-10,12-14H2,(H,23,27)/t18-/m1/s1. The van der Waals surface area contributed by atoms with Gasteiger partial charge in [-0.1, -0.05) is 17.7 Å². The summed E-state index contributed by atoms with van der Waals surface area (Å²) in [6, 6.07) is 6.69. The first-order chi connectivity index (χ1) is 13.1. The van der Waals surface area contributed by atoms with Gasteiger partial charge in [0, 0.05) is 23.7 Å². The number of piperidine rings is 1. The molecule has 27 heavy (non-hydrogen) atoms. The number of halogens is 2. The van der Waals surface area contributed by atoms with Gasteiger partial charge in [0.2, 0.25) is 5.91 Å². The minimum Gasteiger partial charge on any atom is -0.352 e. The molecule has 5 nitrogen and oxygen atoms in total. The normalized spacial score (nSPS) is 21.4. The Morgan fingerprint density at radius 1 is 1.19 bits per heavy atom. The van der Waals surface area contributed by atoms with Gasteiger partial charge in [0.15, 0.2) is 0 Å². The minimum atomic E-state index is -0.444. The van der Waals surface area contributed by atoms with Crippen LogP contribution in [-0.4, -0.2) is 67.1 Å². The van der Waals surface area contributed by atoms with E-state index in [1.54, 1.807) is 29.2 Å². The smallest absolute Gasteiger partial charge is 0.251 e. The number of carbonyl (C=O) groups is 2. The van der Waals surface area contributed by atoms with Crippen molar-refractivity contribution in [2.24, 2.45) is 5.92 Å². The molecule has 0 aliphatic carbocycles. The van der Waals surface area contributed by atoms with Crippen molar-refractivity contribution in [1.29, 1.82) is 0 Å². The fourth-order valence-corrected chi connectivity index (χ4v) is 4.11. The van der Waals surface area contributed by atoms with Crippen molar-refractivity contribution in [3.05, 3.63) is 34.9 Å². The highest BCUT2D eigenvalue weighted by atomic mass is 35.5. The van der Waals surface area contributed by atoms with E-state index in [-0.39, 0.29) is 17.9 Å². The van der Waals surface area contributed by atoms with Crippen LogP contribution in [-0.2, 0) is 4.79 Å². The van der Waals surface area contributed by atoms with E-state index in [4.69, 9.17) is 11.6 Å². The summed E-state index contributed by atoms with van der Waals surface area (Å²) in [6.07, 6.45) is 3.55. The van der Waals surface area contributed by atoms with Gasteiger partial charge in [-0.05, 0) is 62.9 Å². The Bertz CT molecular complexity index is 664. The molecule has 1 N–H and O–H groups in total. The van der Waals surface area contributed by atoms with Crippen molar-refractivity contribution in [3.63, 3.8) is 0 Å². The molecule has 0 aromatic heterocycles. The summed E-state index contributed by atoms with van der Waals surface area (Å²) in [5.41, 5.74) is 0.568. The van der Waals surface area contributed by atoms with E-state index >= 15 is 0 Å². The third-order valence-corrected chi connectivity index (χ3v) is 5.81. The third-order valence-electron chi connectivity index (χ3n) is 5.58. The lowest BCUT2D eigenvalue weighted by Crippen LogP contribution is -2.46. The van der Waals surface area contributed by atoms with Crippen molar-refractivity contribution in [2.75, 3.05) is 39.4 Å². The Morgan fingerprint density at radius 3 is 2.67 bits per heavy atom. The number of hydrogen-bond acceptors (Lipinski definition) is 3. The molecule has 2 aliphatic heterocycles. The molecule has 2 saturated heterocycles. The molecule has 1 aromatic rings. The van der Waals surface area contributed by atoms with Gasteiger partial charge in [0.1, 0.15) is 6.67 Å². The molecule has 7 heteroatoms. The third kappa shape index (κ3) is 5.42. The molecule has 0 unspecified atom stereocenters. The van der Waals surface area contributed by atoms with Crippen molar-refractivity contribution >= 4 is 23.4 Å². The van der Waals surface area contributed by atoms with Crippen LogP contribution < -0.4 is 5.32 Å². The van der Waals surface area contributed by atoms with Crippen molar-refractivity contribution in [1.82, 2.24) is 15.1 Å². The van der Waals surface area contributed by atoms with Gasteiger partial charge in [-0.25, -0.2) is 4.39 Å². The summed E-state index contributed by atoms with van der Waals surface area (Å²) in [6.45, 7) is 2.90. The number of amides is 2. The Labute approximate surface area is 164 Å². The minimum absolute atomic E-state index is 0.0443. The second-order valence-corrected chi connectivity index (χ2v) is 7.91. The molecule has 2 fully saturated rings. The first-order valence-corrected chi connectivity index (χ1v) is 10.1. The summed E-state index contributed by atoms with van der Waals surface area (Å²) >= 11 is 5.92. The lowest BCUT2D eigenvalue weighted by molar-refractivity contribution is -0.133. The number of nitrogens with zero attached hydrogens (tertiary/aromatic N) is 2. The molecule has 2 heterocycles. The Kier molecular flexibility index (Phi) is 7.07. The number of hydrogen-bond donors (Lipinski definition) is 1. The maximum atomic E-state index is 13.0. The van der Waals surface area contributed by atoms with Crippen LogP contribution in [0.4, 0.5) is 4.39 Å². The van der Waals surface area contributed by atoms with Gasteiger partial charge < -0.3 is 10.2 Å². The molecule has 0 bridgehead atoms. The van der Waals surface area contributed by atoms with E-state index in [1.165, 1.54) is 0 Å². The second kappa shape index (κ2) is 9.51. The molecule has 0 radical (unpaired) electrons. The lowest BCUT2D eigenvalue weighted by atomic mass is 9.96. The number of benzene rings is 1. The molecule has 2 aliphatic rings. The molecule has 148 valence electrons. The number of likely N-dealkylation sites (tertiary alicyclic amines) is 2. The predicted molar refractivity (Wildman–Crippen MR) is 104 cm³/mol. The van der Waals surface area contributed by atoms with Gasteiger partial charge in [0.25, 0.3) is 5.91 Å². The first kappa shape index (κ1) is 20.1. The molecule has 1 atom stereocenters. The van der Waals surface area contributed by atoms with Gasteiger partial charge in [0.05, 0.1) is 12.6 Å². The zero-order valence-corrected chi connectivity index (χ0v) is 16.3. The van der Waals surface area contributed by atoms with Gasteiger partial charge in [-0.15, -0.1) is 0 Å². The van der Waals surface area contributed by atoms with Crippen LogP contribution >= 0.6 is 11.6 Å². The zero-order chi connectivity index (χ0) is 19.2. The van der Waals surface area contributed by atoms with Gasteiger partial charge in [-0.2, -0.15) is 0 Å². The van der Waals surface area contributed by atoms with Crippen LogP contribution in [0.25, 0.3) is 0 Å². The van der Waals surface area contributed by atoms with E-state index in [2.05, 4.69) is 10.2 Å². The molecule has 0 spiro atoms. The highest BCUT2D eigenvalue weighted by Crippen LogP contribution is 2.20. The maximum absolute atomic E-state index is 13.0. The van der Waals surface area contributed by atoms with E-state index in [9.17, 15) is 14.0 Å². The van der Waals surface area contributed by atoms with E-state index in [1.807, 2.05) is 0 Å². The van der Waals surface area contributed by atoms with E-state index < -0.39 is 6.67 Å². The maximum Gasteiger partial charge on any atom is 0.251 e. The topological polar surface area (TPSA) is 52.7 Å². The summed E-state index contributed by atoms with van der Waals surface area (Å²) in [5, 5.41) is 3.53. The molecule has 3 rings (SSSR count). The van der Waals surface area contributed by atoms with Crippen LogP contribution in [0.15, 0.2) is 24.3 Å². The first-order valence-electron chi connectivity index (χ1n) is 9.68. The van der Waals surface area contributed by atoms with Crippen LogP contribution in [0.2, 0.25) is 5.02 Å². The molecule has 2 amide bonds. The number of nitrogens with one attached hydrogen (secondary N) is 1. The fraction of sp³-hybridized carbons (Fsp3) is 0.600. The Hall–Kier alpha value is -1.66. The largest absolute Gasteiger partial charge is 0.352 e. The summed E-state index contributed by atoms with van der Waals surface area (Å²) < 4.78 is 13.0. The van der Waals surface area contributed by atoms with E-state index in [0.717, 1.165) is 38.8 Å². The van der Waals surface area contributed by atoms with Crippen molar-refractivity contribution < 1.29 is 14.0 Å². The SMILES string of the molecule is O=C(NCC1CCN(CC(=O)N2CCC[C@@H]2CF)CC1)c1cccc(Cl)c1. The zero-order valence-electron chi connectivity index (χ0n) is 15.5. The van der Waals surface area contributed by atoms with Crippen LogP contribution in [0.5, 0.6) is 0 Å². The number of carbonyl (C=O) groups excluding carboxylic acids is 2. The average Bonchev–Trinajstić information content (AvgIpc) is 3.16. The predicted octanol–water partition coefficient (Wildman–Crippen LogP) is 2.74. The van der Waals surface area contributed by atoms with Crippen LogP contribution in [0, 0.1) is 5.92 Å². The summed E-state index contributed by atoms with van der Waals surface area (Å²) in [7, 11) is 0. The quantitative estimate of drug-likeness (QED) is 0.805. The van der Waals surface area contributed by atoms with Crippen LogP contribution in [0.3, 0.4) is 0 Å². The summed E-state index contributed by atoms with van der Waals surface area (Å²) in [4.78, 5) is 28.5. The van der Waals surface area contributed by atoms with Gasteiger partial charge >= 0.3 is 0 Å². The lowest BCUT2D eigenvalue weighted by Gasteiger charge is -2.33. The van der Waals surface area contributed by atoms with Crippen molar-refractivity contribution in [2.45, 2.75) is 31.7 Å². The monoisotopic (exact) mass is 395 g/mol.